The number of aromatic nitrogens is 2. The summed E-state index contributed by atoms with van der Waals surface area (Å²) >= 11 is 0. The fourth-order valence-electron chi connectivity index (χ4n) is 2.19. The predicted molar refractivity (Wildman–Crippen MR) is 86.0 cm³/mol. The monoisotopic (exact) mass is 369 g/mol. The van der Waals surface area contributed by atoms with Crippen molar-refractivity contribution in [1.82, 2.24) is 15.5 Å². The summed E-state index contributed by atoms with van der Waals surface area (Å²) in [4.78, 5) is 26.5. The highest BCUT2D eigenvalue weighted by molar-refractivity contribution is 6.36. The van der Waals surface area contributed by atoms with E-state index in [0.29, 0.717) is 18.4 Å². The number of nitrogens with one attached hydrogen (secondary N) is 1. The van der Waals surface area contributed by atoms with Crippen LogP contribution >= 0.6 is 0 Å². The van der Waals surface area contributed by atoms with Gasteiger partial charge in [-0.3, -0.25) is 9.59 Å². The van der Waals surface area contributed by atoms with Crippen LogP contribution in [-0.2, 0) is 22.2 Å². The molecule has 1 aromatic carbocycles. The topological polar surface area (TPSA) is 85.1 Å². The van der Waals surface area contributed by atoms with Gasteiger partial charge in [-0.05, 0) is 32.3 Å². The number of rotatable bonds is 7. The van der Waals surface area contributed by atoms with Crippen molar-refractivity contribution in [2.75, 3.05) is 0 Å². The highest BCUT2D eigenvalue weighted by Gasteiger charge is 2.38. The number of nitrogens with zero attached hydrogens (tertiary/aromatic N) is 2. The maximum Gasteiger partial charge on any atom is 0.471 e. The van der Waals surface area contributed by atoms with Gasteiger partial charge in [-0.1, -0.05) is 29.4 Å². The first-order valence-corrected chi connectivity index (χ1v) is 8.00. The molecule has 1 N–H and O–H groups in total. The van der Waals surface area contributed by atoms with Gasteiger partial charge in [0.1, 0.15) is 0 Å². The lowest BCUT2D eigenvalue weighted by atomic mass is 10.0. The van der Waals surface area contributed by atoms with Gasteiger partial charge >= 0.3 is 12.1 Å². The van der Waals surface area contributed by atoms with Gasteiger partial charge < -0.3 is 9.84 Å². The van der Waals surface area contributed by atoms with E-state index in [-0.39, 0.29) is 18.3 Å². The highest BCUT2D eigenvalue weighted by atomic mass is 19.4. The number of carbonyl (C=O) groups is 2. The van der Waals surface area contributed by atoms with E-state index >= 15 is 0 Å². The molecule has 0 saturated carbocycles. The van der Waals surface area contributed by atoms with Crippen LogP contribution in [0.25, 0.3) is 11.4 Å². The third-order valence-electron chi connectivity index (χ3n) is 3.42. The van der Waals surface area contributed by atoms with Crippen LogP contribution in [0.2, 0.25) is 0 Å². The van der Waals surface area contributed by atoms with Crippen LogP contribution in [-0.4, -0.2) is 27.9 Å². The molecule has 2 aromatic rings. The van der Waals surface area contributed by atoms with Crippen molar-refractivity contribution in [2.45, 2.75) is 45.3 Å². The Balaban J connectivity index is 1.89. The summed E-state index contributed by atoms with van der Waals surface area (Å²) in [5.74, 6) is -2.60. The second-order valence-corrected chi connectivity index (χ2v) is 6.02. The van der Waals surface area contributed by atoms with Gasteiger partial charge in [0, 0.05) is 18.0 Å². The van der Waals surface area contributed by atoms with Crippen LogP contribution < -0.4 is 5.32 Å². The van der Waals surface area contributed by atoms with E-state index < -0.39 is 23.8 Å². The Bertz CT molecular complexity index is 768. The van der Waals surface area contributed by atoms with Crippen LogP contribution in [0.15, 0.2) is 28.8 Å². The van der Waals surface area contributed by atoms with Gasteiger partial charge in [0.2, 0.25) is 11.6 Å². The molecule has 0 aliphatic heterocycles. The highest BCUT2D eigenvalue weighted by Crippen LogP contribution is 2.29. The quantitative estimate of drug-likeness (QED) is 0.758. The summed E-state index contributed by atoms with van der Waals surface area (Å²) < 4.78 is 41.6. The molecule has 1 amide bonds. The van der Waals surface area contributed by atoms with Crippen LogP contribution in [0.5, 0.6) is 0 Å². The Morgan fingerprint density at radius 1 is 1.19 bits per heavy atom. The van der Waals surface area contributed by atoms with Crippen molar-refractivity contribution in [2.24, 2.45) is 0 Å². The van der Waals surface area contributed by atoms with Gasteiger partial charge in [-0.15, -0.1) is 0 Å². The summed E-state index contributed by atoms with van der Waals surface area (Å²) in [6, 6.07) is 6.47. The van der Waals surface area contributed by atoms with Crippen LogP contribution in [0.4, 0.5) is 13.2 Å². The first kappa shape index (κ1) is 19.6. The molecule has 0 spiro atoms. The molecule has 9 heteroatoms. The molecule has 0 atom stereocenters. The molecule has 0 bridgehead atoms. The average Bonchev–Trinajstić information content (AvgIpc) is 3.05. The van der Waals surface area contributed by atoms with E-state index in [0.717, 1.165) is 5.56 Å². The lowest BCUT2D eigenvalue weighted by Gasteiger charge is -2.07. The smallest absolute Gasteiger partial charge is 0.347 e. The van der Waals surface area contributed by atoms with Crippen molar-refractivity contribution in [3.05, 3.63) is 35.7 Å². The Labute approximate surface area is 147 Å². The average molecular weight is 369 g/mol. The predicted octanol–water partition coefficient (Wildman–Crippen LogP) is 3.17. The first-order chi connectivity index (χ1) is 12.2. The van der Waals surface area contributed by atoms with Crippen molar-refractivity contribution in [3.63, 3.8) is 0 Å². The fraction of sp³-hybridized carbons (Fsp3) is 0.412. The van der Waals surface area contributed by atoms with Crippen molar-refractivity contribution >= 4 is 11.7 Å². The van der Waals surface area contributed by atoms with E-state index in [1.165, 1.54) is 0 Å². The van der Waals surface area contributed by atoms with Gasteiger partial charge in [-0.2, -0.15) is 18.2 Å². The molecule has 0 saturated heterocycles. The molecule has 0 aliphatic rings. The minimum absolute atomic E-state index is 0.0954. The number of ketones is 1. The zero-order valence-corrected chi connectivity index (χ0v) is 14.3. The summed E-state index contributed by atoms with van der Waals surface area (Å²) in [6.07, 6.45) is -3.51. The van der Waals surface area contributed by atoms with Crippen LogP contribution in [0, 0.1) is 0 Å². The molecule has 1 aromatic heterocycles. The minimum Gasteiger partial charge on any atom is -0.347 e. The van der Waals surface area contributed by atoms with Gasteiger partial charge in [0.15, 0.2) is 0 Å². The summed E-state index contributed by atoms with van der Waals surface area (Å²) in [7, 11) is 0. The molecule has 0 unspecified atom stereocenters. The zero-order chi connectivity index (χ0) is 19.3. The van der Waals surface area contributed by atoms with E-state index in [9.17, 15) is 22.8 Å². The van der Waals surface area contributed by atoms with Gasteiger partial charge in [0.25, 0.3) is 5.91 Å². The number of benzene rings is 1. The summed E-state index contributed by atoms with van der Waals surface area (Å²) in [5, 5.41) is 5.85. The number of halogens is 3. The molecule has 2 rings (SSSR count). The molecule has 140 valence electrons. The second kappa shape index (κ2) is 8.11. The van der Waals surface area contributed by atoms with Crippen molar-refractivity contribution in [1.29, 1.82) is 0 Å². The lowest BCUT2D eigenvalue weighted by molar-refractivity contribution is -0.159. The maximum atomic E-state index is 12.5. The number of hydrogen-bond acceptors (Lipinski definition) is 5. The summed E-state index contributed by atoms with van der Waals surface area (Å²) in [5.41, 5.74) is 1.27. The number of aryl methyl sites for hydroxylation is 1. The Kier molecular flexibility index (Phi) is 6.12. The number of carbonyl (C=O) groups excluding carboxylic acids is 2. The first-order valence-electron chi connectivity index (χ1n) is 8.00. The standard InChI is InChI=1S/C17H18F3N3O3/c1-10(2)21-15(25)13(24)5-3-4-11-6-8-12(9-7-11)14-22-16(26-23-14)17(18,19)20/h6-10H,3-5H2,1-2H3,(H,21,25). The molecule has 6 nitrogen and oxygen atoms in total. The normalized spacial score (nSPS) is 11.6. The van der Waals surface area contributed by atoms with E-state index in [4.69, 9.17) is 0 Å². The van der Waals surface area contributed by atoms with Gasteiger partial charge in [-0.25, -0.2) is 0 Å². The number of Topliss-reactive ketones (excluding diaryl/α,β-unsaturated/α-hetero) is 1. The number of alkyl halides is 3. The molecular weight excluding hydrogens is 351 g/mol. The third-order valence-corrected chi connectivity index (χ3v) is 3.42. The van der Waals surface area contributed by atoms with Crippen LogP contribution in [0.3, 0.4) is 0 Å². The molecule has 0 radical (unpaired) electrons. The summed E-state index contributed by atoms with van der Waals surface area (Å²) in [6.45, 7) is 3.54. The van der Waals surface area contributed by atoms with E-state index in [2.05, 4.69) is 20.0 Å². The Morgan fingerprint density at radius 3 is 2.38 bits per heavy atom. The third kappa shape index (κ3) is 5.40. The molecule has 26 heavy (non-hydrogen) atoms. The van der Waals surface area contributed by atoms with Crippen molar-refractivity contribution in [3.8, 4) is 11.4 Å². The van der Waals surface area contributed by atoms with Crippen molar-refractivity contribution < 1.29 is 27.3 Å². The van der Waals surface area contributed by atoms with Gasteiger partial charge in [0.05, 0.1) is 0 Å². The Hall–Kier alpha value is -2.71. The fourth-order valence-corrected chi connectivity index (χ4v) is 2.19. The van der Waals surface area contributed by atoms with Crippen LogP contribution in [0.1, 0.15) is 38.1 Å². The lowest BCUT2D eigenvalue weighted by Crippen LogP contribution is -2.35. The SMILES string of the molecule is CC(C)NC(=O)C(=O)CCCc1ccc(-c2noc(C(F)(F)F)n2)cc1. The van der Waals surface area contributed by atoms with E-state index in [1.54, 1.807) is 38.1 Å². The molecule has 0 aliphatic carbocycles. The Morgan fingerprint density at radius 2 is 1.85 bits per heavy atom. The zero-order valence-electron chi connectivity index (χ0n) is 14.3. The maximum absolute atomic E-state index is 12.5. The van der Waals surface area contributed by atoms with E-state index in [1.807, 2.05) is 0 Å². The number of amides is 1. The molecular formula is C17H18F3N3O3. The molecule has 0 fully saturated rings. The number of hydrogen-bond donors (Lipinski definition) is 1. The molecule has 1 heterocycles. The second-order valence-electron chi connectivity index (χ2n) is 6.02. The minimum atomic E-state index is -4.68. The largest absolute Gasteiger partial charge is 0.471 e.